The number of H-pyrrole nitrogens is 1. The number of hydrogen-bond donors (Lipinski definition) is 3. The Hall–Kier alpha value is -1.81. The third kappa shape index (κ3) is 1.85. The summed E-state index contributed by atoms with van der Waals surface area (Å²) in [6, 6.07) is 7.17. The fourth-order valence-corrected chi connectivity index (χ4v) is 1.57. The van der Waals surface area contributed by atoms with E-state index in [1.54, 1.807) is 18.3 Å². The van der Waals surface area contributed by atoms with Crippen molar-refractivity contribution >= 4 is 0 Å². The van der Waals surface area contributed by atoms with Crippen LogP contribution in [0.2, 0.25) is 0 Å². The summed E-state index contributed by atoms with van der Waals surface area (Å²) in [7, 11) is 0. The molecule has 2 rings (SSSR count). The minimum absolute atomic E-state index is 0.250. The Kier molecular flexibility index (Phi) is 2.69. The van der Waals surface area contributed by atoms with Gasteiger partial charge < -0.3 is 10.8 Å². The van der Waals surface area contributed by atoms with E-state index in [2.05, 4.69) is 10.2 Å². The molecule has 0 aliphatic carbocycles. The summed E-state index contributed by atoms with van der Waals surface area (Å²) < 4.78 is 0. The minimum atomic E-state index is 0.250. The molecule has 0 spiro atoms. The number of hydrogen-bond acceptors (Lipinski definition) is 3. The molecule has 78 valence electrons. The molecular formula is C11H13N3O. The lowest BCUT2D eigenvalue weighted by Crippen LogP contribution is -2.02. The third-order valence-electron chi connectivity index (χ3n) is 2.30. The topological polar surface area (TPSA) is 74.9 Å². The fourth-order valence-electron chi connectivity index (χ4n) is 1.57. The first-order valence-corrected chi connectivity index (χ1v) is 4.83. The Morgan fingerprint density at radius 1 is 1.33 bits per heavy atom. The van der Waals surface area contributed by atoms with Gasteiger partial charge in [0.1, 0.15) is 5.75 Å². The van der Waals surface area contributed by atoms with Gasteiger partial charge in [0.05, 0.1) is 11.9 Å². The van der Waals surface area contributed by atoms with Crippen LogP contribution in [0.15, 0.2) is 30.5 Å². The number of aromatic nitrogens is 2. The van der Waals surface area contributed by atoms with E-state index in [1.165, 1.54) is 0 Å². The molecule has 4 heteroatoms. The summed E-state index contributed by atoms with van der Waals surface area (Å²) >= 11 is 0. The van der Waals surface area contributed by atoms with Gasteiger partial charge in [0, 0.05) is 5.56 Å². The Balaban J connectivity index is 2.45. The summed E-state index contributed by atoms with van der Waals surface area (Å²) in [5.74, 6) is 0.250. The maximum atomic E-state index is 9.70. The SMILES string of the molecule is NCCc1cn[nH]c1-c1ccccc1O. The lowest BCUT2D eigenvalue weighted by atomic mass is 10.1. The maximum absolute atomic E-state index is 9.70. The second kappa shape index (κ2) is 4.14. The zero-order valence-electron chi connectivity index (χ0n) is 8.27. The molecule has 0 bridgehead atoms. The Labute approximate surface area is 87.7 Å². The van der Waals surface area contributed by atoms with Crippen LogP contribution in [-0.2, 0) is 6.42 Å². The predicted molar refractivity (Wildman–Crippen MR) is 58.4 cm³/mol. The standard InChI is InChI=1S/C11H13N3O/c12-6-5-8-7-13-14-11(8)9-3-1-2-4-10(9)15/h1-4,7,15H,5-6,12H2,(H,13,14). The number of para-hydroxylation sites is 1. The molecule has 0 saturated carbocycles. The minimum Gasteiger partial charge on any atom is -0.507 e. The van der Waals surface area contributed by atoms with Gasteiger partial charge in [-0.05, 0) is 30.7 Å². The highest BCUT2D eigenvalue weighted by Crippen LogP contribution is 2.29. The number of rotatable bonds is 3. The molecule has 1 aromatic carbocycles. The van der Waals surface area contributed by atoms with Gasteiger partial charge in [-0.15, -0.1) is 0 Å². The molecule has 2 aromatic rings. The normalized spacial score (nSPS) is 10.5. The second-order valence-electron chi connectivity index (χ2n) is 3.33. The molecule has 0 aliphatic heterocycles. The van der Waals surface area contributed by atoms with Crippen molar-refractivity contribution in [1.29, 1.82) is 0 Å². The molecule has 0 aliphatic rings. The van der Waals surface area contributed by atoms with Gasteiger partial charge >= 0.3 is 0 Å². The fraction of sp³-hybridized carbons (Fsp3) is 0.182. The quantitative estimate of drug-likeness (QED) is 0.703. The van der Waals surface area contributed by atoms with Crippen LogP contribution in [0.5, 0.6) is 5.75 Å². The van der Waals surface area contributed by atoms with Gasteiger partial charge in [-0.1, -0.05) is 12.1 Å². The lowest BCUT2D eigenvalue weighted by molar-refractivity contribution is 0.477. The molecule has 0 fully saturated rings. The van der Waals surface area contributed by atoms with E-state index in [1.807, 2.05) is 12.1 Å². The Bertz CT molecular complexity index is 451. The van der Waals surface area contributed by atoms with Crippen molar-refractivity contribution in [2.24, 2.45) is 5.73 Å². The van der Waals surface area contributed by atoms with E-state index in [4.69, 9.17) is 5.73 Å². The Morgan fingerprint density at radius 2 is 2.13 bits per heavy atom. The van der Waals surface area contributed by atoms with Gasteiger partial charge in [0.2, 0.25) is 0 Å². The van der Waals surface area contributed by atoms with Crippen LogP contribution in [0.1, 0.15) is 5.56 Å². The van der Waals surface area contributed by atoms with Gasteiger partial charge in [-0.3, -0.25) is 5.10 Å². The number of nitrogens with two attached hydrogens (primary N) is 1. The number of benzene rings is 1. The zero-order chi connectivity index (χ0) is 10.7. The van der Waals surface area contributed by atoms with E-state index in [-0.39, 0.29) is 5.75 Å². The van der Waals surface area contributed by atoms with E-state index in [0.717, 1.165) is 23.2 Å². The Morgan fingerprint density at radius 3 is 2.87 bits per heavy atom. The molecule has 0 unspecified atom stereocenters. The van der Waals surface area contributed by atoms with Crippen molar-refractivity contribution in [1.82, 2.24) is 10.2 Å². The molecule has 4 nitrogen and oxygen atoms in total. The molecule has 0 radical (unpaired) electrons. The average Bonchev–Trinajstić information content (AvgIpc) is 2.67. The number of aromatic amines is 1. The molecule has 1 heterocycles. The van der Waals surface area contributed by atoms with Crippen molar-refractivity contribution in [3.05, 3.63) is 36.0 Å². The van der Waals surface area contributed by atoms with Crippen LogP contribution in [-0.4, -0.2) is 21.8 Å². The highest BCUT2D eigenvalue weighted by molar-refractivity contribution is 5.69. The zero-order valence-corrected chi connectivity index (χ0v) is 8.27. The average molecular weight is 203 g/mol. The summed E-state index contributed by atoms with van der Waals surface area (Å²) in [5, 5.41) is 16.5. The van der Waals surface area contributed by atoms with Crippen molar-refractivity contribution in [3.8, 4) is 17.0 Å². The molecule has 0 amide bonds. The number of aromatic hydroxyl groups is 1. The number of phenols is 1. The van der Waals surface area contributed by atoms with Gasteiger partial charge in [-0.2, -0.15) is 5.10 Å². The molecule has 1 aromatic heterocycles. The summed E-state index contributed by atoms with van der Waals surface area (Å²) in [6.07, 6.45) is 2.49. The van der Waals surface area contributed by atoms with Crippen LogP contribution in [0.4, 0.5) is 0 Å². The van der Waals surface area contributed by atoms with E-state index in [0.29, 0.717) is 6.54 Å². The summed E-state index contributed by atoms with van der Waals surface area (Å²) in [5.41, 5.74) is 8.14. The number of nitrogens with zero attached hydrogens (tertiary/aromatic N) is 1. The van der Waals surface area contributed by atoms with Gasteiger partial charge in [-0.25, -0.2) is 0 Å². The first-order valence-electron chi connectivity index (χ1n) is 4.83. The summed E-state index contributed by atoms with van der Waals surface area (Å²) in [4.78, 5) is 0. The monoisotopic (exact) mass is 203 g/mol. The molecule has 15 heavy (non-hydrogen) atoms. The van der Waals surface area contributed by atoms with Crippen LogP contribution < -0.4 is 5.73 Å². The second-order valence-corrected chi connectivity index (χ2v) is 3.33. The van der Waals surface area contributed by atoms with Crippen molar-refractivity contribution < 1.29 is 5.11 Å². The molecule has 0 atom stereocenters. The van der Waals surface area contributed by atoms with E-state index in [9.17, 15) is 5.11 Å². The van der Waals surface area contributed by atoms with Crippen molar-refractivity contribution in [2.75, 3.05) is 6.54 Å². The van der Waals surface area contributed by atoms with Gasteiger partial charge in [0.25, 0.3) is 0 Å². The maximum Gasteiger partial charge on any atom is 0.124 e. The largest absolute Gasteiger partial charge is 0.507 e. The third-order valence-corrected chi connectivity index (χ3v) is 2.30. The lowest BCUT2D eigenvalue weighted by Gasteiger charge is -2.04. The van der Waals surface area contributed by atoms with Crippen LogP contribution in [0, 0.1) is 0 Å². The van der Waals surface area contributed by atoms with Gasteiger partial charge in [0.15, 0.2) is 0 Å². The number of nitrogens with one attached hydrogen (secondary N) is 1. The number of phenolic OH excluding ortho intramolecular Hbond substituents is 1. The van der Waals surface area contributed by atoms with Crippen molar-refractivity contribution in [2.45, 2.75) is 6.42 Å². The van der Waals surface area contributed by atoms with Crippen molar-refractivity contribution in [3.63, 3.8) is 0 Å². The molecule has 0 saturated heterocycles. The highest BCUT2D eigenvalue weighted by atomic mass is 16.3. The smallest absolute Gasteiger partial charge is 0.124 e. The molecular weight excluding hydrogens is 190 g/mol. The first kappa shape index (κ1) is 9.73. The highest BCUT2D eigenvalue weighted by Gasteiger charge is 2.09. The van der Waals surface area contributed by atoms with Crippen LogP contribution >= 0.6 is 0 Å². The van der Waals surface area contributed by atoms with Crippen LogP contribution in [0.3, 0.4) is 0 Å². The predicted octanol–water partition coefficient (Wildman–Crippen LogP) is 1.28. The van der Waals surface area contributed by atoms with E-state index < -0.39 is 0 Å². The summed E-state index contributed by atoms with van der Waals surface area (Å²) in [6.45, 7) is 0.570. The van der Waals surface area contributed by atoms with Crippen LogP contribution in [0.25, 0.3) is 11.3 Å². The first-order chi connectivity index (χ1) is 7.33. The molecule has 4 N–H and O–H groups in total. The van der Waals surface area contributed by atoms with E-state index >= 15 is 0 Å².